The van der Waals surface area contributed by atoms with E-state index in [2.05, 4.69) is 11.0 Å². The van der Waals surface area contributed by atoms with E-state index in [1.807, 2.05) is 52.0 Å². The van der Waals surface area contributed by atoms with Crippen molar-refractivity contribution in [2.75, 3.05) is 38.6 Å². The van der Waals surface area contributed by atoms with Gasteiger partial charge in [0.2, 0.25) is 0 Å². The molecule has 0 radical (unpaired) electrons. The van der Waals surface area contributed by atoms with Crippen molar-refractivity contribution < 1.29 is 9.53 Å². The summed E-state index contributed by atoms with van der Waals surface area (Å²) in [7, 11) is 0. The normalized spacial score (nSPS) is 14.6. The summed E-state index contributed by atoms with van der Waals surface area (Å²) in [5.41, 5.74) is 5.74. The minimum atomic E-state index is -0.0405. The molecule has 1 saturated heterocycles. The van der Waals surface area contributed by atoms with E-state index in [0.717, 1.165) is 67.1 Å². The van der Waals surface area contributed by atoms with Crippen molar-refractivity contribution in [3.63, 3.8) is 0 Å². The predicted octanol–water partition coefficient (Wildman–Crippen LogP) is 4.33. The van der Waals surface area contributed by atoms with Crippen LogP contribution in [0.25, 0.3) is 10.9 Å². The van der Waals surface area contributed by atoms with Gasteiger partial charge in [-0.05, 0) is 68.5 Å². The third kappa shape index (κ3) is 5.27. The first kappa shape index (κ1) is 24.6. The van der Waals surface area contributed by atoms with E-state index >= 15 is 0 Å². The fourth-order valence-electron chi connectivity index (χ4n) is 4.57. The molecule has 34 heavy (non-hydrogen) atoms. The zero-order chi connectivity index (χ0) is 24.2. The highest BCUT2D eigenvalue weighted by molar-refractivity contribution is 7.99. The Morgan fingerprint density at radius 2 is 1.71 bits per heavy atom. The summed E-state index contributed by atoms with van der Waals surface area (Å²) in [4.78, 5) is 33.8. The van der Waals surface area contributed by atoms with Crippen molar-refractivity contribution >= 4 is 28.4 Å². The van der Waals surface area contributed by atoms with Crippen LogP contribution in [0, 0.1) is 27.7 Å². The Morgan fingerprint density at radius 1 is 1.03 bits per heavy atom. The molecule has 0 amide bonds. The molecule has 6 nitrogen and oxygen atoms in total. The van der Waals surface area contributed by atoms with E-state index in [4.69, 9.17) is 9.72 Å². The largest absolute Gasteiger partial charge is 0.379 e. The molecule has 7 heteroatoms. The second-order valence-corrected chi connectivity index (χ2v) is 9.97. The number of Topliss-reactive ketones (excluding diaryl/α,β-unsaturated/α-hetero) is 1. The highest BCUT2D eigenvalue weighted by atomic mass is 32.2. The molecular formula is C27H33N3O3S. The fourth-order valence-corrected chi connectivity index (χ4v) is 5.47. The van der Waals surface area contributed by atoms with E-state index in [1.165, 1.54) is 11.8 Å². The molecule has 1 aliphatic heterocycles. The van der Waals surface area contributed by atoms with Gasteiger partial charge in [-0.2, -0.15) is 0 Å². The average molecular weight is 480 g/mol. The number of thioether (sulfide) groups is 1. The number of nitrogens with zero attached hydrogens (tertiary/aromatic N) is 3. The standard InChI is InChI=1S/C27H33N3O3S/c1-18-16-19(2)21(4)25(20(18)3)24(31)17-34-27-28-23-9-6-5-8-22(23)26(32)30(27)11-7-10-29-12-14-33-15-13-29/h5-6,8-9,16H,7,10-15,17H2,1-4H3. The number of carbonyl (C=O) groups is 1. The van der Waals surface area contributed by atoms with E-state index < -0.39 is 0 Å². The smallest absolute Gasteiger partial charge is 0.262 e. The number of benzene rings is 2. The van der Waals surface area contributed by atoms with Crippen molar-refractivity contribution in [2.45, 2.75) is 45.8 Å². The summed E-state index contributed by atoms with van der Waals surface area (Å²) in [6.07, 6.45) is 0.844. The van der Waals surface area contributed by atoms with Gasteiger partial charge in [-0.1, -0.05) is 30.0 Å². The van der Waals surface area contributed by atoms with Gasteiger partial charge in [0.1, 0.15) is 0 Å². The number of aromatic nitrogens is 2. The summed E-state index contributed by atoms with van der Waals surface area (Å²) in [6, 6.07) is 9.57. The summed E-state index contributed by atoms with van der Waals surface area (Å²) in [5.74, 6) is 0.327. The topological polar surface area (TPSA) is 64.4 Å². The van der Waals surface area contributed by atoms with Crippen LogP contribution in [0.4, 0.5) is 0 Å². The number of morpholine rings is 1. The number of ether oxygens (including phenoxy) is 1. The molecule has 180 valence electrons. The van der Waals surface area contributed by atoms with Crippen molar-refractivity contribution in [3.05, 3.63) is 68.5 Å². The lowest BCUT2D eigenvalue weighted by atomic mass is 9.92. The second-order valence-electron chi connectivity index (χ2n) is 9.02. The molecule has 4 rings (SSSR count). The molecule has 2 heterocycles. The lowest BCUT2D eigenvalue weighted by Gasteiger charge is -2.26. The maximum absolute atomic E-state index is 13.3. The minimum Gasteiger partial charge on any atom is -0.379 e. The van der Waals surface area contributed by atoms with Gasteiger partial charge in [-0.15, -0.1) is 0 Å². The first-order valence-corrected chi connectivity index (χ1v) is 12.9. The Hall–Kier alpha value is -2.48. The summed E-state index contributed by atoms with van der Waals surface area (Å²) in [5, 5.41) is 1.23. The number of carbonyl (C=O) groups excluding carboxylic acids is 1. The number of hydrogen-bond donors (Lipinski definition) is 0. The zero-order valence-corrected chi connectivity index (χ0v) is 21.3. The number of para-hydroxylation sites is 1. The van der Waals surface area contributed by atoms with Gasteiger partial charge in [0.15, 0.2) is 10.9 Å². The molecular weight excluding hydrogens is 446 g/mol. The SMILES string of the molecule is Cc1cc(C)c(C)c(C(=O)CSc2nc3ccccc3c(=O)n2CCCN2CCOCC2)c1C. The van der Waals surface area contributed by atoms with Gasteiger partial charge >= 0.3 is 0 Å². The minimum absolute atomic E-state index is 0.0405. The Morgan fingerprint density at radius 3 is 2.41 bits per heavy atom. The summed E-state index contributed by atoms with van der Waals surface area (Å²) < 4.78 is 7.18. The Balaban J connectivity index is 1.58. The summed E-state index contributed by atoms with van der Waals surface area (Å²) >= 11 is 1.36. The van der Waals surface area contributed by atoms with Crippen LogP contribution >= 0.6 is 11.8 Å². The molecule has 0 bridgehead atoms. The quantitative estimate of drug-likeness (QED) is 0.272. The first-order chi connectivity index (χ1) is 16.4. The molecule has 0 saturated carbocycles. The van der Waals surface area contributed by atoms with E-state index in [9.17, 15) is 9.59 Å². The van der Waals surface area contributed by atoms with Gasteiger partial charge < -0.3 is 4.74 Å². The number of hydrogen-bond acceptors (Lipinski definition) is 6. The summed E-state index contributed by atoms with van der Waals surface area (Å²) in [6.45, 7) is 13.0. The van der Waals surface area contributed by atoms with Crippen molar-refractivity contribution in [1.82, 2.24) is 14.5 Å². The number of rotatable bonds is 8. The molecule has 0 atom stereocenters. The molecule has 1 aliphatic rings. The highest BCUT2D eigenvalue weighted by Gasteiger charge is 2.19. The van der Waals surface area contributed by atoms with Gasteiger partial charge in [0.25, 0.3) is 5.56 Å². The van der Waals surface area contributed by atoms with Gasteiger partial charge in [0.05, 0.1) is 29.9 Å². The molecule has 0 unspecified atom stereocenters. The van der Waals surface area contributed by atoms with Gasteiger partial charge in [-0.25, -0.2) is 4.98 Å². The maximum atomic E-state index is 13.3. The van der Waals surface area contributed by atoms with Crippen LogP contribution in [0.2, 0.25) is 0 Å². The van der Waals surface area contributed by atoms with Crippen LogP contribution in [0.1, 0.15) is 39.0 Å². The highest BCUT2D eigenvalue weighted by Crippen LogP contribution is 2.25. The van der Waals surface area contributed by atoms with Crippen LogP contribution in [0.5, 0.6) is 0 Å². The molecule has 0 spiro atoms. The predicted molar refractivity (Wildman–Crippen MR) is 138 cm³/mol. The molecule has 0 N–H and O–H groups in total. The molecule has 2 aromatic carbocycles. The maximum Gasteiger partial charge on any atom is 0.262 e. The van der Waals surface area contributed by atoms with Gasteiger partial charge in [0, 0.05) is 31.7 Å². The molecule has 1 fully saturated rings. The Kier molecular flexibility index (Phi) is 7.86. The lowest BCUT2D eigenvalue weighted by molar-refractivity contribution is 0.0368. The van der Waals surface area contributed by atoms with E-state index in [0.29, 0.717) is 22.6 Å². The Labute approximate surface area is 205 Å². The van der Waals surface area contributed by atoms with E-state index in [1.54, 1.807) is 4.57 Å². The molecule has 1 aromatic heterocycles. The Bertz CT molecular complexity index is 1240. The monoisotopic (exact) mass is 479 g/mol. The molecule has 3 aromatic rings. The lowest BCUT2D eigenvalue weighted by Crippen LogP contribution is -2.37. The average Bonchev–Trinajstić information content (AvgIpc) is 2.84. The first-order valence-electron chi connectivity index (χ1n) is 11.9. The third-order valence-electron chi connectivity index (χ3n) is 6.76. The van der Waals surface area contributed by atoms with Gasteiger partial charge in [-0.3, -0.25) is 19.1 Å². The third-order valence-corrected chi connectivity index (χ3v) is 7.74. The van der Waals surface area contributed by atoms with Crippen molar-refractivity contribution in [1.29, 1.82) is 0 Å². The molecule has 0 aliphatic carbocycles. The number of ketones is 1. The van der Waals surface area contributed by atoms with Crippen LogP contribution in [-0.4, -0.2) is 58.8 Å². The second kappa shape index (κ2) is 10.8. The van der Waals surface area contributed by atoms with Crippen molar-refractivity contribution in [3.8, 4) is 0 Å². The van der Waals surface area contributed by atoms with E-state index in [-0.39, 0.29) is 17.1 Å². The van der Waals surface area contributed by atoms with Crippen LogP contribution in [0.15, 0.2) is 40.3 Å². The zero-order valence-electron chi connectivity index (χ0n) is 20.5. The van der Waals surface area contributed by atoms with Crippen LogP contribution in [0.3, 0.4) is 0 Å². The van der Waals surface area contributed by atoms with Crippen molar-refractivity contribution in [2.24, 2.45) is 0 Å². The van der Waals surface area contributed by atoms with Crippen LogP contribution in [-0.2, 0) is 11.3 Å². The van der Waals surface area contributed by atoms with Crippen LogP contribution < -0.4 is 5.56 Å². The fraction of sp³-hybridized carbons (Fsp3) is 0.444. The number of fused-ring (bicyclic) bond motifs is 1. The number of aryl methyl sites for hydroxylation is 2.